The van der Waals surface area contributed by atoms with Crippen LogP contribution in [0.25, 0.3) is 11.0 Å². The molecule has 6 heteroatoms. The Kier molecular flexibility index (Phi) is 6.09. The number of hydrogen-bond acceptors (Lipinski definition) is 4. The van der Waals surface area contributed by atoms with Gasteiger partial charge in [-0.05, 0) is 55.6 Å². The summed E-state index contributed by atoms with van der Waals surface area (Å²) in [5, 5.41) is 0. The maximum absolute atomic E-state index is 13.0. The average Bonchev–Trinajstić information content (AvgIpc) is 3.41. The third kappa shape index (κ3) is 4.48. The summed E-state index contributed by atoms with van der Waals surface area (Å²) in [4.78, 5) is 21.0. The summed E-state index contributed by atoms with van der Waals surface area (Å²) in [6.07, 6.45) is 2.51. The van der Waals surface area contributed by atoms with Crippen molar-refractivity contribution in [3.05, 3.63) is 84.2 Å². The molecule has 3 aromatic carbocycles. The Bertz CT molecular complexity index is 1280. The summed E-state index contributed by atoms with van der Waals surface area (Å²) >= 11 is 1.69. The summed E-state index contributed by atoms with van der Waals surface area (Å²) in [5.74, 6) is 2.01. The van der Waals surface area contributed by atoms with Crippen LogP contribution in [-0.2, 0) is 11.3 Å². The van der Waals surface area contributed by atoms with E-state index in [1.54, 1.807) is 11.8 Å². The van der Waals surface area contributed by atoms with Crippen molar-refractivity contribution in [2.24, 2.45) is 0 Å². The Hall–Kier alpha value is -3.25. The predicted molar refractivity (Wildman–Crippen MR) is 134 cm³/mol. The van der Waals surface area contributed by atoms with Crippen molar-refractivity contribution >= 4 is 34.4 Å². The number of ether oxygens (including phenoxy) is 1. The molecule has 33 heavy (non-hydrogen) atoms. The van der Waals surface area contributed by atoms with Gasteiger partial charge in [-0.2, -0.15) is 0 Å². The molecule has 1 aromatic heterocycles. The predicted octanol–water partition coefficient (Wildman–Crippen LogP) is 5.67. The molecule has 0 saturated carbocycles. The van der Waals surface area contributed by atoms with E-state index in [0.717, 1.165) is 33.2 Å². The maximum Gasteiger partial charge on any atom is 0.227 e. The number of anilines is 1. The van der Waals surface area contributed by atoms with Crippen molar-refractivity contribution in [1.29, 1.82) is 0 Å². The van der Waals surface area contributed by atoms with Crippen LogP contribution in [0.15, 0.2) is 77.7 Å². The Morgan fingerprint density at radius 1 is 1.06 bits per heavy atom. The van der Waals surface area contributed by atoms with Crippen molar-refractivity contribution in [2.75, 3.05) is 24.3 Å². The number of aromatic nitrogens is 2. The SMILES string of the molecule is CSc1cccc(N2C[C@@H](c3nc4ccccc4n3CCOc3ccc(C)cc3)CC2=O)c1. The van der Waals surface area contributed by atoms with Crippen LogP contribution in [0.4, 0.5) is 5.69 Å². The highest BCUT2D eigenvalue weighted by molar-refractivity contribution is 7.98. The minimum atomic E-state index is 0.0437. The Morgan fingerprint density at radius 3 is 2.70 bits per heavy atom. The molecule has 5 rings (SSSR count). The molecule has 1 fully saturated rings. The molecule has 1 saturated heterocycles. The molecule has 0 unspecified atom stereocenters. The molecule has 0 bridgehead atoms. The molecule has 1 atom stereocenters. The van der Waals surface area contributed by atoms with Crippen LogP contribution < -0.4 is 9.64 Å². The largest absolute Gasteiger partial charge is 0.492 e. The summed E-state index contributed by atoms with van der Waals surface area (Å²) in [5.41, 5.74) is 4.21. The first-order chi connectivity index (χ1) is 16.1. The van der Waals surface area contributed by atoms with E-state index in [1.165, 1.54) is 5.56 Å². The Balaban J connectivity index is 1.39. The minimum absolute atomic E-state index is 0.0437. The molecule has 168 valence electrons. The van der Waals surface area contributed by atoms with E-state index in [2.05, 4.69) is 48.1 Å². The number of amides is 1. The highest BCUT2D eigenvalue weighted by Crippen LogP contribution is 2.34. The maximum atomic E-state index is 13.0. The lowest BCUT2D eigenvalue weighted by Gasteiger charge is -2.18. The van der Waals surface area contributed by atoms with Gasteiger partial charge in [-0.3, -0.25) is 4.79 Å². The third-order valence-electron chi connectivity index (χ3n) is 6.14. The van der Waals surface area contributed by atoms with E-state index in [-0.39, 0.29) is 11.8 Å². The second kappa shape index (κ2) is 9.32. The van der Waals surface area contributed by atoms with Gasteiger partial charge in [0.1, 0.15) is 18.2 Å². The van der Waals surface area contributed by atoms with Crippen LogP contribution in [0.5, 0.6) is 5.75 Å². The highest BCUT2D eigenvalue weighted by Gasteiger charge is 2.34. The number of hydrogen-bond donors (Lipinski definition) is 0. The number of thioether (sulfide) groups is 1. The normalized spacial score (nSPS) is 16.0. The van der Waals surface area contributed by atoms with Gasteiger partial charge < -0.3 is 14.2 Å². The van der Waals surface area contributed by atoms with Crippen molar-refractivity contribution < 1.29 is 9.53 Å². The number of imidazole rings is 1. The smallest absolute Gasteiger partial charge is 0.227 e. The van der Waals surface area contributed by atoms with Crippen molar-refractivity contribution in [3.63, 3.8) is 0 Å². The molecule has 1 aliphatic rings. The first-order valence-corrected chi connectivity index (χ1v) is 12.4. The fourth-order valence-corrected chi connectivity index (χ4v) is 4.89. The van der Waals surface area contributed by atoms with Gasteiger partial charge in [0.15, 0.2) is 0 Å². The number of fused-ring (bicyclic) bond motifs is 1. The molecular weight excluding hydrogens is 430 g/mol. The zero-order valence-electron chi connectivity index (χ0n) is 18.9. The molecule has 5 nitrogen and oxygen atoms in total. The van der Waals surface area contributed by atoms with E-state index in [4.69, 9.17) is 9.72 Å². The number of para-hydroxylation sites is 2. The number of rotatable bonds is 7. The molecule has 0 radical (unpaired) electrons. The number of nitrogens with zero attached hydrogens (tertiary/aromatic N) is 3. The first-order valence-electron chi connectivity index (χ1n) is 11.2. The summed E-state index contributed by atoms with van der Waals surface area (Å²) in [6.45, 7) is 3.92. The van der Waals surface area contributed by atoms with Crippen LogP contribution in [0, 0.1) is 6.92 Å². The van der Waals surface area contributed by atoms with Gasteiger partial charge in [-0.1, -0.05) is 35.9 Å². The van der Waals surface area contributed by atoms with Crippen LogP contribution in [0.1, 0.15) is 23.7 Å². The van der Waals surface area contributed by atoms with Gasteiger partial charge in [-0.15, -0.1) is 11.8 Å². The van der Waals surface area contributed by atoms with Crippen molar-refractivity contribution in [3.8, 4) is 5.75 Å². The Labute approximate surface area is 198 Å². The zero-order valence-corrected chi connectivity index (χ0v) is 19.7. The van der Waals surface area contributed by atoms with Crippen LogP contribution in [0.2, 0.25) is 0 Å². The fourth-order valence-electron chi connectivity index (χ4n) is 4.44. The number of carbonyl (C=O) groups is 1. The van der Waals surface area contributed by atoms with Gasteiger partial charge in [0.2, 0.25) is 5.91 Å². The molecule has 0 N–H and O–H groups in total. The average molecular weight is 458 g/mol. The molecule has 0 aliphatic carbocycles. The van der Waals surface area contributed by atoms with E-state index in [9.17, 15) is 4.79 Å². The molecular formula is C27H27N3O2S. The lowest BCUT2D eigenvalue weighted by molar-refractivity contribution is -0.117. The minimum Gasteiger partial charge on any atom is -0.492 e. The van der Waals surface area contributed by atoms with Crippen LogP contribution in [-0.4, -0.2) is 34.9 Å². The topological polar surface area (TPSA) is 47.4 Å². The first kappa shape index (κ1) is 21.6. The van der Waals surface area contributed by atoms with Crippen LogP contribution in [0.3, 0.4) is 0 Å². The van der Waals surface area contributed by atoms with E-state index in [0.29, 0.717) is 26.1 Å². The second-order valence-electron chi connectivity index (χ2n) is 8.38. The van der Waals surface area contributed by atoms with Crippen molar-refractivity contribution in [2.45, 2.75) is 30.7 Å². The van der Waals surface area contributed by atoms with E-state index < -0.39 is 0 Å². The van der Waals surface area contributed by atoms with Gasteiger partial charge in [0.05, 0.1) is 17.6 Å². The zero-order chi connectivity index (χ0) is 22.8. The third-order valence-corrected chi connectivity index (χ3v) is 6.87. The quantitative estimate of drug-likeness (QED) is 0.336. The lowest BCUT2D eigenvalue weighted by atomic mass is 10.1. The van der Waals surface area contributed by atoms with Gasteiger partial charge in [0, 0.05) is 29.5 Å². The molecule has 2 heterocycles. The summed E-state index contributed by atoms with van der Waals surface area (Å²) in [6, 6.07) is 24.5. The molecule has 0 spiro atoms. The molecule has 1 amide bonds. The number of carbonyl (C=O) groups excluding carboxylic acids is 1. The van der Waals surface area contributed by atoms with E-state index >= 15 is 0 Å². The van der Waals surface area contributed by atoms with Gasteiger partial charge in [-0.25, -0.2) is 4.98 Å². The fraction of sp³-hybridized carbons (Fsp3) is 0.259. The van der Waals surface area contributed by atoms with Crippen molar-refractivity contribution in [1.82, 2.24) is 9.55 Å². The monoisotopic (exact) mass is 457 g/mol. The molecule has 1 aliphatic heterocycles. The van der Waals surface area contributed by atoms with Crippen LogP contribution >= 0.6 is 11.8 Å². The standard InChI is InChI=1S/C27H27N3O2S/c1-19-10-12-22(13-11-19)32-15-14-29-25-9-4-3-8-24(25)28-27(29)20-16-26(31)30(18-20)21-6-5-7-23(17-21)33-2/h3-13,17,20H,14-16,18H2,1-2H3/t20-/m0/s1. The highest BCUT2D eigenvalue weighted by atomic mass is 32.2. The van der Waals surface area contributed by atoms with E-state index in [1.807, 2.05) is 47.4 Å². The Morgan fingerprint density at radius 2 is 1.88 bits per heavy atom. The molecule has 4 aromatic rings. The number of benzene rings is 3. The lowest BCUT2D eigenvalue weighted by Crippen LogP contribution is -2.24. The summed E-state index contributed by atoms with van der Waals surface area (Å²) < 4.78 is 8.24. The van der Waals surface area contributed by atoms with Gasteiger partial charge >= 0.3 is 0 Å². The van der Waals surface area contributed by atoms with Gasteiger partial charge in [0.25, 0.3) is 0 Å². The summed E-state index contributed by atoms with van der Waals surface area (Å²) in [7, 11) is 0. The number of aryl methyl sites for hydroxylation is 1. The second-order valence-corrected chi connectivity index (χ2v) is 9.26.